The van der Waals surface area contributed by atoms with E-state index < -0.39 is 5.97 Å². The van der Waals surface area contributed by atoms with Gasteiger partial charge in [0.05, 0.1) is 17.8 Å². The Morgan fingerprint density at radius 1 is 1.40 bits per heavy atom. The van der Waals surface area contributed by atoms with Crippen molar-refractivity contribution in [2.45, 2.75) is 26.7 Å². The highest BCUT2D eigenvalue weighted by molar-refractivity contribution is 6.00. The average Bonchev–Trinajstić information content (AvgIpc) is 2.64. The number of carboxylic acids is 1. The van der Waals surface area contributed by atoms with Gasteiger partial charge in [0, 0.05) is 26.1 Å². The maximum Gasteiger partial charge on any atom is 0.303 e. The minimum absolute atomic E-state index is 0.0664. The number of ketones is 1. The maximum absolute atomic E-state index is 11.9. The topological polar surface area (TPSA) is 101 Å². The first-order valence-corrected chi connectivity index (χ1v) is 6.31. The van der Waals surface area contributed by atoms with E-state index in [-0.39, 0.29) is 37.0 Å². The zero-order valence-corrected chi connectivity index (χ0v) is 11.8. The summed E-state index contributed by atoms with van der Waals surface area (Å²) in [4.78, 5) is 34.0. The molecular formula is C13H19N3O4. The molecule has 0 radical (unpaired) electrons. The lowest BCUT2D eigenvalue weighted by Gasteiger charge is -2.08. The second kappa shape index (κ2) is 6.83. The number of carbonyl (C=O) groups is 3. The monoisotopic (exact) mass is 281 g/mol. The van der Waals surface area contributed by atoms with Crippen molar-refractivity contribution >= 4 is 17.7 Å². The SMILES string of the molecule is Cc1nn(C)cc1C(=O)CNC(=O)CC(C)CC(=O)O. The number of carbonyl (C=O) groups excluding carboxylic acids is 2. The van der Waals surface area contributed by atoms with E-state index in [4.69, 9.17) is 5.11 Å². The van der Waals surface area contributed by atoms with Crippen molar-refractivity contribution in [3.63, 3.8) is 0 Å². The third-order valence-corrected chi connectivity index (χ3v) is 2.82. The van der Waals surface area contributed by atoms with Crippen LogP contribution in [0.15, 0.2) is 6.20 Å². The largest absolute Gasteiger partial charge is 0.481 e. The number of aliphatic carboxylic acids is 1. The first-order valence-electron chi connectivity index (χ1n) is 6.31. The fourth-order valence-corrected chi connectivity index (χ4v) is 1.91. The molecule has 1 aromatic heterocycles. The molecule has 0 aliphatic carbocycles. The lowest BCUT2D eigenvalue weighted by atomic mass is 10.0. The number of hydrogen-bond donors (Lipinski definition) is 2. The third-order valence-electron chi connectivity index (χ3n) is 2.82. The van der Waals surface area contributed by atoms with Gasteiger partial charge in [-0.1, -0.05) is 6.92 Å². The molecule has 20 heavy (non-hydrogen) atoms. The van der Waals surface area contributed by atoms with E-state index in [1.54, 1.807) is 31.8 Å². The van der Waals surface area contributed by atoms with Gasteiger partial charge in [0.15, 0.2) is 5.78 Å². The van der Waals surface area contributed by atoms with Crippen molar-refractivity contribution in [3.05, 3.63) is 17.5 Å². The fourth-order valence-electron chi connectivity index (χ4n) is 1.91. The molecule has 1 aromatic rings. The third kappa shape index (κ3) is 4.83. The lowest BCUT2D eigenvalue weighted by molar-refractivity contribution is -0.138. The molecule has 0 fully saturated rings. The summed E-state index contributed by atoms with van der Waals surface area (Å²) in [5.74, 6) is -1.74. The fraction of sp³-hybridized carbons (Fsp3) is 0.538. The molecule has 7 heteroatoms. The van der Waals surface area contributed by atoms with E-state index >= 15 is 0 Å². The summed E-state index contributed by atoms with van der Waals surface area (Å²) < 4.78 is 1.54. The Balaban J connectivity index is 2.43. The molecule has 1 heterocycles. The van der Waals surface area contributed by atoms with Crippen molar-refractivity contribution in [1.29, 1.82) is 0 Å². The molecule has 1 amide bonds. The maximum atomic E-state index is 11.9. The number of nitrogens with one attached hydrogen (secondary N) is 1. The number of hydrogen-bond acceptors (Lipinski definition) is 4. The van der Waals surface area contributed by atoms with Crippen LogP contribution in [0.5, 0.6) is 0 Å². The molecule has 0 aliphatic heterocycles. The quantitative estimate of drug-likeness (QED) is 0.710. The number of Topliss-reactive ketones (excluding diaryl/α,β-unsaturated/α-hetero) is 1. The van der Waals surface area contributed by atoms with Crippen LogP contribution in [0, 0.1) is 12.8 Å². The van der Waals surface area contributed by atoms with Crippen molar-refractivity contribution in [3.8, 4) is 0 Å². The lowest BCUT2D eigenvalue weighted by Crippen LogP contribution is -2.31. The van der Waals surface area contributed by atoms with E-state index in [1.807, 2.05) is 0 Å². The van der Waals surface area contributed by atoms with Crippen molar-refractivity contribution < 1.29 is 19.5 Å². The smallest absolute Gasteiger partial charge is 0.303 e. The molecule has 7 nitrogen and oxygen atoms in total. The first kappa shape index (κ1) is 15.9. The van der Waals surface area contributed by atoms with Gasteiger partial charge in [0.2, 0.25) is 5.91 Å². The summed E-state index contributed by atoms with van der Waals surface area (Å²) in [5.41, 5.74) is 1.09. The summed E-state index contributed by atoms with van der Waals surface area (Å²) in [6.07, 6.45) is 1.63. The van der Waals surface area contributed by atoms with Crippen LogP contribution >= 0.6 is 0 Å². The molecule has 0 spiro atoms. The molecule has 2 N–H and O–H groups in total. The number of nitrogens with zero attached hydrogens (tertiary/aromatic N) is 2. The van der Waals surface area contributed by atoms with Crippen LogP contribution in [0.1, 0.15) is 35.8 Å². The zero-order chi connectivity index (χ0) is 15.3. The van der Waals surface area contributed by atoms with Crippen LogP contribution in [0.4, 0.5) is 0 Å². The van der Waals surface area contributed by atoms with Gasteiger partial charge >= 0.3 is 5.97 Å². The summed E-state index contributed by atoms with van der Waals surface area (Å²) in [5, 5.41) is 15.2. The summed E-state index contributed by atoms with van der Waals surface area (Å²) in [6, 6.07) is 0. The minimum atomic E-state index is -0.938. The molecule has 0 aliphatic rings. The molecule has 0 bridgehead atoms. The predicted octanol–water partition coefficient (Wildman–Crippen LogP) is 0.528. The second-order valence-electron chi connectivity index (χ2n) is 4.91. The summed E-state index contributed by atoms with van der Waals surface area (Å²) in [6.45, 7) is 3.30. The highest BCUT2D eigenvalue weighted by Gasteiger charge is 2.16. The van der Waals surface area contributed by atoms with Crippen molar-refractivity contribution in [1.82, 2.24) is 15.1 Å². The van der Waals surface area contributed by atoms with Crippen LogP contribution < -0.4 is 5.32 Å². The van der Waals surface area contributed by atoms with Gasteiger partial charge in [-0.25, -0.2) is 0 Å². The van der Waals surface area contributed by atoms with Gasteiger partial charge in [-0.3, -0.25) is 19.1 Å². The van der Waals surface area contributed by atoms with E-state index in [0.29, 0.717) is 11.3 Å². The molecule has 0 aromatic carbocycles. The van der Waals surface area contributed by atoms with Gasteiger partial charge < -0.3 is 10.4 Å². The molecule has 1 atom stereocenters. The van der Waals surface area contributed by atoms with E-state index in [1.165, 1.54) is 0 Å². The van der Waals surface area contributed by atoms with E-state index in [0.717, 1.165) is 0 Å². The Morgan fingerprint density at radius 3 is 2.55 bits per heavy atom. The second-order valence-corrected chi connectivity index (χ2v) is 4.91. The highest BCUT2D eigenvalue weighted by atomic mass is 16.4. The van der Waals surface area contributed by atoms with E-state index in [2.05, 4.69) is 10.4 Å². The Bertz CT molecular complexity index is 522. The molecular weight excluding hydrogens is 262 g/mol. The van der Waals surface area contributed by atoms with Gasteiger partial charge in [-0.05, 0) is 12.8 Å². The first-order chi connectivity index (χ1) is 9.29. The Kier molecular flexibility index (Phi) is 5.42. The van der Waals surface area contributed by atoms with Crippen LogP contribution in [0.25, 0.3) is 0 Å². The molecule has 0 saturated carbocycles. The van der Waals surface area contributed by atoms with Crippen LogP contribution in [-0.4, -0.2) is 39.1 Å². The number of rotatable bonds is 7. The van der Waals surface area contributed by atoms with Crippen LogP contribution in [0.2, 0.25) is 0 Å². The van der Waals surface area contributed by atoms with Crippen LogP contribution in [0.3, 0.4) is 0 Å². The highest BCUT2D eigenvalue weighted by Crippen LogP contribution is 2.08. The normalized spacial score (nSPS) is 11.9. The Morgan fingerprint density at radius 2 is 2.05 bits per heavy atom. The number of amides is 1. The van der Waals surface area contributed by atoms with Crippen molar-refractivity contribution in [2.75, 3.05) is 6.54 Å². The van der Waals surface area contributed by atoms with Crippen LogP contribution in [-0.2, 0) is 16.6 Å². The molecule has 0 saturated heterocycles. The molecule has 1 rings (SSSR count). The van der Waals surface area contributed by atoms with Gasteiger partial charge in [-0.2, -0.15) is 5.10 Å². The van der Waals surface area contributed by atoms with Gasteiger partial charge in [-0.15, -0.1) is 0 Å². The zero-order valence-electron chi connectivity index (χ0n) is 11.8. The molecule has 110 valence electrons. The van der Waals surface area contributed by atoms with Gasteiger partial charge in [0.1, 0.15) is 0 Å². The standard InChI is InChI=1S/C13H19N3O4/c1-8(5-13(19)20)4-12(18)14-6-11(17)10-7-16(3)15-9(10)2/h7-8H,4-6H2,1-3H3,(H,14,18)(H,19,20). The van der Waals surface area contributed by atoms with E-state index in [9.17, 15) is 14.4 Å². The number of aryl methyl sites for hydroxylation is 2. The summed E-state index contributed by atoms with van der Waals surface area (Å²) in [7, 11) is 1.72. The Hall–Kier alpha value is -2.18. The predicted molar refractivity (Wildman–Crippen MR) is 71.3 cm³/mol. The average molecular weight is 281 g/mol. The Labute approximate surface area is 117 Å². The summed E-state index contributed by atoms with van der Waals surface area (Å²) >= 11 is 0. The molecule has 1 unspecified atom stereocenters. The number of aromatic nitrogens is 2. The minimum Gasteiger partial charge on any atom is -0.481 e. The van der Waals surface area contributed by atoms with Crippen molar-refractivity contribution in [2.24, 2.45) is 13.0 Å². The number of carboxylic acid groups (broad SMARTS) is 1. The van der Waals surface area contributed by atoms with Gasteiger partial charge in [0.25, 0.3) is 0 Å².